The molecule has 0 atom stereocenters. The molecular formula is C20H19NO2S. The Morgan fingerprint density at radius 1 is 0.708 bits per heavy atom. The summed E-state index contributed by atoms with van der Waals surface area (Å²) in [6, 6.07) is 23.6. The molecule has 0 bridgehead atoms. The van der Waals surface area contributed by atoms with E-state index in [1.807, 2.05) is 68.4 Å². The molecule has 0 amide bonds. The van der Waals surface area contributed by atoms with Crippen molar-refractivity contribution >= 4 is 21.4 Å². The van der Waals surface area contributed by atoms with Crippen molar-refractivity contribution in [2.75, 3.05) is 4.31 Å². The van der Waals surface area contributed by atoms with Crippen LogP contribution in [0.2, 0.25) is 0 Å². The Balaban J connectivity index is 2.22. The van der Waals surface area contributed by atoms with E-state index in [1.54, 1.807) is 24.3 Å². The highest BCUT2D eigenvalue weighted by Gasteiger charge is 2.27. The lowest BCUT2D eigenvalue weighted by molar-refractivity contribution is 0.596. The van der Waals surface area contributed by atoms with Gasteiger partial charge < -0.3 is 0 Å². The standard InChI is InChI=1S/C20H19NO2S/c1-16-12-14-19(15-13-16)24(22,23)21(18-9-4-3-5-10-18)20-11-7-6-8-17(20)2/h3-15H,1-2H3. The first-order valence-corrected chi connectivity index (χ1v) is 9.17. The molecule has 0 spiro atoms. The highest BCUT2D eigenvalue weighted by molar-refractivity contribution is 7.93. The second kappa shape index (κ2) is 6.49. The zero-order chi connectivity index (χ0) is 17.2. The third kappa shape index (κ3) is 3.05. The molecule has 0 saturated heterocycles. The average molecular weight is 337 g/mol. The molecule has 0 N–H and O–H groups in total. The van der Waals surface area contributed by atoms with Crippen LogP contribution in [0.15, 0.2) is 83.8 Å². The minimum atomic E-state index is -3.71. The minimum absolute atomic E-state index is 0.278. The first-order chi connectivity index (χ1) is 11.5. The van der Waals surface area contributed by atoms with Gasteiger partial charge in [-0.3, -0.25) is 0 Å². The summed E-state index contributed by atoms with van der Waals surface area (Å²) in [5, 5.41) is 0. The number of rotatable bonds is 4. The predicted octanol–water partition coefficient (Wildman–Crippen LogP) is 4.83. The van der Waals surface area contributed by atoms with Crippen molar-refractivity contribution in [1.82, 2.24) is 0 Å². The Kier molecular flexibility index (Phi) is 4.40. The summed E-state index contributed by atoms with van der Waals surface area (Å²) in [5.74, 6) is 0. The van der Waals surface area contributed by atoms with Crippen LogP contribution in [0.4, 0.5) is 11.4 Å². The van der Waals surface area contributed by atoms with E-state index in [2.05, 4.69) is 0 Å². The van der Waals surface area contributed by atoms with Crippen LogP contribution in [0, 0.1) is 13.8 Å². The molecule has 122 valence electrons. The maximum atomic E-state index is 13.3. The second-order valence-corrected chi connectivity index (χ2v) is 7.49. The monoisotopic (exact) mass is 337 g/mol. The van der Waals surface area contributed by atoms with Gasteiger partial charge in [0, 0.05) is 0 Å². The topological polar surface area (TPSA) is 37.4 Å². The largest absolute Gasteiger partial charge is 0.268 e. The van der Waals surface area contributed by atoms with Gasteiger partial charge in [-0.05, 0) is 49.7 Å². The van der Waals surface area contributed by atoms with Crippen LogP contribution in [-0.2, 0) is 10.0 Å². The van der Waals surface area contributed by atoms with Crippen LogP contribution < -0.4 is 4.31 Å². The smallest absolute Gasteiger partial charge is 0.234 e. The number of aryl methyl sites for hydroxylation is 2. The fraction of sp³-hybridized carbons (Fsp3) is 0.100. The maximum Gasteiger partial charge on any atom is 0.268 e. The van der Waals surface area contributed by atoms with Gasteiger partial charge in [0.15, 0.2) is 0 Å². The lowest BCUT2D eigenvalue weighted by atomic mass is 10.2. The molecule has 0 fully saturated rings. The third-order valence-electron chi connectivity index (χ3n) is 3.88. The quantitative estimate of drug-likeness (QED) is 0.684. The first kappa shape index (κ1) is 16.3. The zero-order valence-electron chi connectivity index (χ0n) is 13.7. The van der Waals surface area contributed by atoms with Crippen LogP contribution in [0.1, 0.15) is 11.1 Å². The van der Waals surface area contributed by atoms with Crippen LogP contribution in [0.5, 0.6) is 0 Å². The lowest BCUT2D eigenvalue weighted by Crippen LogP contribution is -2.26. The van der Waals surface area contributed by atoms with Gasteiger partial charge in [0.1, 0.15) is 0 Å². The number of sulfonamides is 1. The normalized spacial score (nSPS) is 11.2. The van der Waals surface area contributed by atoms with E-state index in [1.165, 1.54) is 4.31 Å². The van der Waals surface area contributed by atoms with E-state index in [9.17, 15) is 8.42 Å². The molecule has 3 aromatic rings. The number of hydrogen-bond acceptors (Lipinski definition) is 2. The molecule has 0 radical (unpaired) electrons. The van der Waals surface area contributed by atoms with Crippen LogP contribution in [0.3, 0.4) is 0 Å². The van der Waals surface area contributed by atoms with Crippen molar-refractivity contribution < 1.29 is 8.42 Å². The molecule has 0 aliphatic carbocycles. The number of nitrogens with zero attached hydrogens (tertiary/aromatic N) is 1. The molecule has 0 unspecified atom stereocenters. The summed E-state index contributed by atoms with van der Waals surface area (Å²) >= 11 is 0. The predicted molar refractivity (Wildman–Crippen MR) is 98.1 cm³/mol. The van der Waals surface area contributed by atoms with E-state index in [-0.39, 0.29) is 4.90 Å². The number of anilines is 2. The van der Waals surface area contributed by atoms with E-state index in [4.69, 9.17) is 0 Å². The van der Waals surface area contributed by atoms with E-state index in [0.29, 0.717) is 11.4 Å². The van der Waals surface area contributed by atoms with Gasteiger partial charge in [0.05, 0.1) is 16.3 Å². The van der Waals surface area contributed by atoms with E-state index < -0.39 is 10.0 Å². The Morgan fingerprint density at radius 3 is 1.92 bits per heavy atom. The van der Waals surface area contributed by atoms with Gasteiger partial charge in [-0.25, -0.2) is 12.7 Å². The maximum absolute atomic E-state index is 13.3. The Hall–Kier alpha value is -2.59. The summed E-state index contributed by atoms with van der Waals surface area (Å²) in [5.41, 5.74) is 3.20. The number of benzene rings is 3. The average Bonchev–Trinajstić information content (AvgIpc) is 2.58. The van der Waals surface area contributed by atoms with Crippen LogP contribution in [0.25, 0.3) is 0 Å². The molecule has 3 rings (SSSR count). The van der Waals surface area contributed by atoms with Gasteiger partial charge in [0.25, 0.3) is 10.0 Å². The fourth-order valence-corrected chi connectivity index (χ4v) is 4.13. The fourth-order valence-electron chi connectivity index (χ4n) is 2.58. The van der Waals surface area contributed by atoms with E-state index >= 15 is 0 Å². The molecule has 0 aliphatic heterocycles. The minimum Gasteiger partial charge on any atom is -0.234 e. The molecule has 0 saturated carbocycles. The van der Waals surface area contributed by atoms with Crippen molar-refractivity contribution in [2.45, 2.75) is 18.7 Å². The Labute approximate surface area is 143 Å². The number of hydrogen-bond donors (Lipinski definition) is 0. The molecule has 0 aliphatic rings. The molecule has 3 aromatic carbocycles. The van der Waals surface area contributed by atoms with Crippen molar-refractivity contribution in [3.8, 4) is 0 Å². The molecule has 0 aromatic heterocycles. The molecule has 24 heavy (non-hydrogen) atoms. The van der Waals surface area contributed by atoms with Gasteiger partial charge in [0.2, 0.25) is 0 Å². The molecule has 3 nitrogen and oxygen atoms in total. The highest BCUT2D eigenvalue weighted by atomic mass is 32.2. The van der Waals surface area contributed by atoms with Gasteiger partial charge in [-0.1, -0.05) is 54.1 Å². The lowest BCUT2D eigenvalue weighted by Gasteiger charge is -2.26. The van der Waals surface area contributed by atoms with Crippen molar-refractivity contribution in [1.29, 1.82) is 0 Å². The summed E-state index contributed by atoms with van der Waals surface area (Å²) in [7, 11) is -3.71. The summed E-state index contributed by atoms with van der Waals surface area (Å²) < 4.78 is 28.1. The molecule has 0 heterocycles. The van der Waals surface area contributed by atoms with Crippen molar-refractivity contribution in [3.05, 3.63) is 90.0 Å². The van der Waals surface area contributed by atoms with Crippen molar-refractivity contribution in [3.63, 3.8) is 0 Å². The van der Waals surface area contributed by atoms with Crippen molar-refractivity contribution in [2.24, 2.45) is 0 Å². The first-order valence-electron chi connectivity index (χ1n) is 7.73. The molecule has 4 heteroatoms. The van der Waals surface area contributed by atoms with E-state index in [0.717, 1.165) is 11.1 Å². The summed E-state index contributed by atoms with van der Waals surface area (Å²) in [4.78, 5) is 0.278. The van der Waals surface area contributed by atoms with Gasteiger partial charge in [-0.15, -0.1) is 0 Å². The summed E-state index contributed by atoms with van der Waals surface area (Å²) in [6.07, 6.45) is 0. The van der Waals surface area contributed by atoms with Crippen LogP contribution in [-0.4, -0.2) is 8.42 Å². The highest BCUT2D eigenvalue weighted by Crippen LogP contribution is 2.34. The van der Waals surface area contributed by atoms with Gasteiger partial charge >= 0.3 is 0 Å². The second-order valence-electron chi connectivity index (χ2n) is 5.70. The SMILES string of the molecule is Cc1ccc(S(=O)(=O)N(c2ccccc2)c2ccccc2C)cc1. The molecular weight excluding hydrogens is 318 g/mol. The number of para-hydroxylation sites is 2. The van der Waals surface area contributed by atoms with Gasteiger partial charge in [-0.2, -0.15) is 0 Å². The Morgan fingerprint density at radius 2 is 1.29 bits per heavy atom. The third-order valence-corrected chi connectivity index (χ3v) is 5.64. The van der Waals surface area contributed by atoms with Crippen LogP contribution >= 0.6 is 0 Å². The Bertz CT molecular complexity index is 933. The zero-order valence-corrected chi connectivity index (χ0v) is 14.5. The summed E-state index contributed by atoms with van der Waals surface area (Å²) in [6.45, 7) is 3.85.